The summed E-state index contributed by atoms with van der Waals surface area (Å²) in [6, 6.07) is 7.17. The molecule has 1 aliphatic carbocycles. The Morgan fingerprint density at radius 3 is 2.63 bits per heavy atom. The molecule has 19 heavy (non-hydrogen) atoms. The number of benzene rings is 1. The molecule has 1 aromatic rings. The monoisotopic (exact) mass is 262 g/mol. The number of hydrogen-bond donors (Lipinski definition) is 1. The van der Waals surface area contributed by atoms with Crippen molar-refractivity contribution in [1.29, 1.82) is 0 Å². The van der Waals surface area contributed by atoms with Crippen LogP contribution < -0.4 is 5.32 Å². The van der Waals surface area contributed by atoms with E-state index in [-0.39, 0.29) is 10.6 Å². The van der Waals surface area contributed by atoms with E-state index in [0.717, 1.165) is 31.1 Å². The van der Waals surface area contributed by atoms with Gasteiger partial charge < -0.3 is 10.1 Å². The lowest BCUT2D eigenvalue weighted by atomic mass is 10.1. The highest BCUT2D eigenvalue weighted by molar-refractivity contribution is 5.32. The SMILES string of the molecule is O=[N+]([O-])c1ccc(CNC2CCOC2C2CC2)cc1. The zero-order valence-corrected chi connectivity index (χ0v) is 10.7. The molecule has 1 aliphatic heterocycles. The minimum absolute atomic E-state index is 0.142. The molecule has 0 spiro atoms. The predicted octanol–water partition coefficient (Wildman–Crippen LogP) is 2.25. The van der Waals surface area contributed by atoms with Gasteiger partial charge in [-0.05, 0) is 30.7 Å². The molecule has 102 valence electrons. The molecule has 2 unspecified atom stereocenters. The minimum Gasteiger partial charge on any atom is -0.376 e. The molecule has 1 saturated heterocycles. The molecular weight excluding hydrogens is 244 g/mol. The molecule has 0 aromatic heterocycles. The highest BCUT2D eigenvalue weighted by atomic mass is 16.6. The number of non-ortho nitro benzene ring substituents is 1. The van der Waals surface area contributed by atoms with Crippen LogP contribution in [0.3, 0.4) is 0 Å². The lowest BCUT2D eigenvalue weighted by molar-refractivity contribution is -0.384. The van der Waals surface area contributed by atoms with Crippen molar-refractivity contribution in [1.82, 2.24) is 5.32 Å². The van der Waals surface area contributed by atoms with Crippen LogP contribution >= 0.6 is 0 Å². The second kappa shape index (κ2) is 5.27. The van der Waals surface area contributed by atoms with Gasteiger partial charge in [-0.1, -0.05) is 12.1 Å². The Bertz CT molecular complexity index is 456. The van der Waals surface area contributed by atoms with Crippen molar-refractivity contribution in [3.8, 4) is 0 Å². The average Bonchev–Trinajstić information content (AvgIpc) is 3.16. The van der Waals surface area contributed by atoms with Gasteiger partial charge in [-0.2, -0.15) is 0 Å². The van der Waals surface area contributed by atoms with E-state index in [4.69, 9.17) is 4.74 Å². The predicted molar refractivity (Wildman–Crippen MR) is 70.8 cm³/mol. The summed E-state index contributed by atoms with van der Waals surface area (Å²) >= 11 is 0. The first-order valence-corrected chi connectivity index (χ1v) is 6.82. The van der Waals surface area contributed by atoms with Gasteiger partial charge in [-0.15, -0.1) is 0 Å². The van der Waals surface area contributed by atoms with Crippen molar-refractivity contribution in [3.05, 3.63) is 39.9 Å². The Labute approximate surface area is 112 Å². The number of nitrogens with zero attached hydrogens (tertiary/aromatic N) is 1. The maximum absolute atomic E-state index is 10.6. The van der Waals surface area contributed by atoms with Crippen LogP contribution in [0.1, 0.15) is 24.8 Å². The van der Waals surface area contributed by atoms with E-state index < -0.39 is 0 Å². The number of nitro groups is 1. The van der Waals surface area contributed by atoms with E-state index >= 15 is 0 Å². The molecule has 2 atom stereocenters. The number of nitro benzene ring substituents is 1. The highest BCUT2D eigenvalue weighted by Crippen LogP contribution is 2.38. The van der Waals surface area contributed by atoms with Gasteiger partial charge in [0.25, 0.3) is 5.69 Å². The van der Waals surface area contributed by atoms with Gasteiger partial charge in [0.15, 0.2) is 0 Å². The number of rotatable bonds is 5. The van der Waals surface area contributed by atoms with Crippen LogP contribution in [-0.2, 0) is 11.3 Å². The highest BCUT2D eigenvalue weighted by Gasteiger charge is 2.40. The third kappa shape index (κ3) is 2.93. The number of ether oxygens (including phenoxy) is 1. The topological polar surface area (TPSA) is 64.4 Å². The molecule has 3 rings (SSSR count). The number of hydrogen-bond acceptors (Lipinski definition) is 4. The molecule has 2 fully saturated rings. The fourth-order valence-electron chi connectivity index (χ4n) is 2.70. The second-order valence-electron chi connectivity index (χ2n) is 5.37. The smallest absolute Gasteiger partial charge is 0.269 e. The van der Waals surface area contributed by atoms with E-state index in [9.17, 15) is 10.1 Å². The molecule has 1 aromatic carbocycles. The Balaban J connectivity index is 1.55. The Hall–Kier alpha value is -1.46. The van der Waals surface area contributed by atoms with E-state index in [1.165, 1.54) is 12.8 Å². The third-order valence-corrected chi connectivity index (χ3v) is 3.94. The normalized spacial score (nSPS) is 26.5. The molecule has 0 radical (unpaired) electrons. The van der Waals surface area contributed by atoms with Gasteiger partial charge in [-0.3, -0.25) is 10.1 Å². The summed E-state index contributed by atoms with van der Waals surface area (Å²) in [5.41, 5.74) is 1.22. The van der Waals surface area contributed by atoms with Crippen molar-refractivity contribution in [3.63, 3.8) is 0 Å². The Kier molecular flexibility index (Phi) is 3.48. The fourth-order valence-corrected chi connectivity index (χ4v) is 2.70. The van der Waals surface area contributed by atoms with Gasteiger partial charge in [0.1, 0.15) is 0 Å². The van der Waals surface area contributed by atoms with Crippen LogP contribution in [-0.4, -0.2) is 23.7 Å². The van der Waals surface area contributed by atoms with Crippen LogP contribution in [0.2, 0.25) is 0 Å². The lowest BCUT2D eigenvalue weighted by Gasteiger charge is -2.19. The van der Waals surface area contributed by atoms with Gasteiger partial charge in [0.2, 0.25) is 0 Å². The summed E-state index contributed by atoms with van der Waals surface area (Å²) < 4.78 is 5.78. The summed E-state index contributed by atoms with van der Waals surface area (Å²) in [6.45, 7) is 1.59. The molecule has 0 amide bonds. The first kappa shape index (κ1) is 12.6. The van der Waals surface area contributed by atoms with Crippen molar-refractivity contribution in [2.24, 2.45) is 5.92 Å². The summed E-state index contributed by atoms with van der Waals surface area (Å²) in [5.74, 6) is 0.747. The molecule has 5 heteroatoms. The van der Waals surface area contributed by atoms with Gasteiger partial charge in [0, 0.05) is 31.3 Å². The summed E-state index contributed by atoms with van der Waals surface area (Å²) in [6.07, 6.45) is 4.02. The minimum atomic E-state index is -0.370. The Morgan fingerprint density at radius 1 is 1.26 bits per heavy atom. The molecule has 1 saturated carbocycles. The Morgan fingerprint density at radius 2 is 2.00 bits per heavy atom. The first-order valence-electron chi connectivity index (χ1n) is 6.82. The van der Waals surface area contributed by atoms with E-state index in [0.29, 0.717) is 12.1 Å². The molecular formula is C14H18N2O3. The average molecular weight is 262 g/mol. The molecule has 0 bridgehead atoms. The molecule has 1 N–H and O–H groups in total. The zero-order valence-electron chi connectivity index (χ0n) is 10.7. The van der Waals surface area contributed by atoms with E-state index in [1.807, 2.05) is 12.1 Å². The van der Waals surface area contributed by atoms with Crippen LogP contribution in [0, 0.1) is 16.0 Å². The van der Waals surface area contributed by atoms with Gasteiger partial charge >= 0.3 is 0 Å². The van der Waals surface area contributed by atoms with Crippen LogP contribution in [0.15, 0.2) is 24.3 Å². The van der Waals surface area contributed by atoms with Gasteiger partial charge in [-0.25, -0.2) is 0 Å². The summed E-state index contributed by atoms with van der Waals surface area (Å²) in [4.78, 5) is 10.2. The van der Waals surface area contributed by atoms with Crippen molar-refractivity contribution in [2.75, 3.05) is 6.61 Å². The summed E-state index contributed by atoms with van der Waals surface area (Å²) in [7, 11) is 0. The van der Waals surface area contributed by atoms with Crippen LogP contribution in [0.4, 0.5) is 5.69 Å². The zero-order chi connectivity index (χ0) is 13.2. The van der Waals surface area contributed by atoms with Crippen LogP contribution in [0.5, 0.6) is 0 Å². The first-order chi connectivity index (χ1) is 9.24. The van der Waals surface area contributed by atoms with E-state index in [2.05, 4.69) is 5.32 Å². The molecule has 1 heterocycles. The third-order valence-electron chi connectivity index (χ3n) is 3.94. The van der Waals surface area contributed by atoms with E-state index in [1.54, 1.807) is 12.1 Å². The van der Waals surface area contributed by atoms with Crippen molar-refractivity contribution < 1.29 is 9.66 Å². The quantitative estimate of drug-likeness (QED) is 0.653. The van der Waals surface area contributed by atoms with Crippen molar-refractivity contribution >= 4 is 5.69 Å². The second-order valence-corrected chi connectivity index (χ2v) is 5.37. The standard InChI is InChI=1S/C14H18N2O3/c17-16(18)12-5-1-10(2-6-12)9-15-13-7-8-19-14(13)11-3-4-11/h1-2,5-6,11,13-15H,3-4,7-9H2. The number of nitrogens with one attached hydrogen (secondary N) is 1. The fraction of sp³-hybridized carbons (Fsp3) is 0.571. The van der Waals surface area contributed by atoms with Gasteiger partial charge in [0.05, 0.1) is 11.0 Å². The molecule has 2 aliphatic rings. The maximum Gasteiger partial charge on any atom is 0.269 e. The van der Waals surface area contributed by atoms with Crippen molar-refractivity contribution in [2.45, 2.75) is 38.0 Å². The molecule has 5 nitrogen and oxygen atoms in total. The lowest BCUT2D eigenvalue weighted by Crippen LogP contribution is -2.37. The maximum atomic E-state index is 10.6. The largest absolute Gasteiger partial charge is 0.376 e. The van der Waals surface area contributed by atoms with Crippen LogP contribution in [0.25, 0.3) is 0 Å². The summed E-state index contributed by atoms with van der Waals surface area (Å²) in [5, 5.41) is 14.1.